The highest BCUT2D eigenvalue weighted by molar-refractivity contribution is 5.99. The van der Waals surface area contributed by atoms with Gasteiger partial charge in [0.25, 0.3) is 0 Å². The second-order valence-electron chi connectivity index (χ2n) is 10.1. The van der Waals surface area contributed by atoms with Gasteiger partial charge in [-0.25, -0.2) is 9.37 Å². The molecule has 0 bridgehead atoms. The fourth-order valence-corrected chi connectivity index (χ4v) is 4.76. The molecule has 0 radical (unpaired) electrons. The zero-order valence-electron chi connectivity index (χ0n) is 21.7. The van der Waals surface area contributed by atoms with Gasteiger partial charge in [0.15, 0.2) is 0 Å². The minimum absolute atomic E-state index is 0.0504. The second kappa shape index (κ2) is 9.75. The highest BCUT2D eigenvalue weighted by atomic mass is 19.1. The molecule has 0 atom stereocenters. The molecule has 0 saturated carbocycles. The van der Waals surface area contributed by atoms with Gasteiger partial charge in [-0.15, -0.1) is 0 Å². The molecule has 0 saturated heterocycles. The Labute approximate surface area is 223 Å². The highest BCUT2D eigenvalue weighted by Gasteiger charge is 2.17. The summed E-state index contributed by atoms with van der Waals surface area (Å²) in [5.41, 5.74) is 8.06. The van der Waals surface area contributed by atoms with Gasteiger partial charge in [0.1, 0.15) is 17.0 Å². The van der Waals surface area contributed by atoms with Crippen molar-refractivity contribution in [1.29, 1.82) is 0 Å². The minimum Gasteiger partial charge on any atom is -0.353 e. The zero-order valence-corrected chi connectivity index (χ0v) is 21.7. The maximum atomic E-state index is 14.1. The molecule has 6 aromatic rings. The van der Waals surface area contributed by atoms with Crippen molar-refractivity contribution in [2.75, 3.05) is 5.32 Å². The molecule has 1 aromatic carbocycles. The number of amides is 1. The van der Waals surface area contributed by atoms with E-state index in [1.807, 2.05) is 57.2 Å². The van der Waals surface area contributed by atoms with E-state index in [4.69, 9.17) is 4.98 Å². The van der Waals surface area contributed by atoms with Crippen molar-refractivity contribution in [3.05, 3.63) is 78.5 Å². The quantitative estimate of drug-likeness (QED) is 0.228. The first-order valence-corrected chi connectivity index (χ1v) is 12.7. The molecule has 1 amide bonds. The van der Waals surface area contributed by atoms with Crippen molar-refractivity contribution in [1.82, 2.24) is 30.1 Å². The lowest BCUT2D eigenvalue weighted by Crippen LogP contribution is -2.13. The molecule has 39 heavy (non-hydrogen) atoms. The van der Waals surface area contributed by atoms with Crippen molar-refractivity contribution in [2.24, 2.45) is 5.92 Å². The topological polar surface area (TPSA) is 112 Å². The standard InChI is InChI=1S/C30H26FN7O/c1-16(2)8-27(39)34-21-12-19(14-32-15-21)23-4-5-25-29(36-23)30(38-37-25)26-13-22-24(35-26)6-7-33-28(22)18-9-17(3)10-20(31)11-18/h4-7,9-16,35H,8H2,1-3H3,(H,34,39)(H,37,38). The van der Waals surface area contributed by atoms with E-state index in [1.165, 1.54) is 12.1 Å². The van der Waals surface area contributed by atoms with Gasteiger partial charge in [0, 0.05) is 40.8 Å². The SMILES string of the molecule is Cc1cc(F)cc(-c2nccc3[nH]c(-c4n[nH]c5ccc(-c6cncc(NC(=O)CC(C)C)c6)nc45)cc23)c1. The van der Waals surface area contributed by atoms with Crippen molar-refractivity contribution < 1.29 is 9.18 Å². The first kappa shape index (κ1) is 24.4. The van der Waals surface area contributed by atoms with Crippen molar-refractivity contribution in [3.8, 4) is 33.9 Å². The van der Waals surface area contributed by atoms with E-state index in [2.05, 4.69) is 30.5 Å². The molecule has 6 rings (SSSR count). The monoisotopic (exact) mass is 519 g/mol. The molecule has 0 spiro atoms. The summed E-state index contributed by atoms with van der Waals surface area (Å²) in [5.74, 6) is -0.0857. The summed E-state index contributed by atoms with van der Waals surface area (Å²) in [6, 6.07) is 14.4. The molecule has 8 nitrogen and oxygen atoms in total. The van der Waals surface area contributed by atoms with Gasteiger partial charge in [-0.05, 0) is 66.9 Å². The number of aromatic amines is 2. The number of nitrogens with zero attached hydrogens (tertiary/aromatic N) is 4. The lowest BCUT2D eigenvalue weighted by atomic mass is 10.0. The number of pyridine rings is 3. The largest absolute Gasteiger partial charge is 0.353 e. The lowest BCUT2D eigenvalue weighted by Gasteiger charge is -2.08. The number of benzene rings is 1. The van der Waals surface area contributed by atoms with Crippen LogP contribution in [0.25, 0.3) is 55.8 Å². The van der Waals surface area contributed by atoms with Gasteiger partial charge in [-0.3, -0.25) is 19.9 Å². The van der Waals surface area contributed by atoms with Crippen LogP contribution in [0.4, 0.5) is 10.1 Å². The van der Waals surface area contributed by atoms with Crippen LogP contribution >= 0.6 is 0 Å². The molecule has 5 aromatic heterocycles. The number of hydrogen-bond acceptors (Lipinski definition) is 5. The van der Waals surface area contributed by atoms with Crippen LogP contribution in [0.2, 0.25) is 0 Å². The fraction of sp³-hybridized carbons (Fsp3) is 0.167. The molecule has 0 aliphatic heterocycles. The van der Waals surface area contributed by atoms with Gasteiger partial charge < -0.3 is 10.3 Å². The molecule has 5 heterocycles. The van der Waals surface area contributed by atoms with Crippen molar-refractivity contribution in [3.63, 3.8) is 0 Å². The predicted octanol–water partition coefficient (Wildman–Crippen LogP) is 6.66. The summed E-state index contributed by atoms with van der Waals surface area (Å²) in [7, 11) is 0. The van der Waals surface area contributed by atoms with Crippen LogP contribution in [0.3, 0.4) is 0 Å². The number of H-pyrrole nitrogens is 2. The Morgan fingerprint density at radius 1 is 1.00 bits per heavy atom. The van der Waals surface area contributed by atoms with E-state index in [0.29, 0.717) is 40.3 Å². The molecule has 0 aliphatic carbocycles. The number of carbonyl (C=O) groups excluding carboxylic acids is 1. The normalized spacial score (nSPS) is 11.5. The Kier molecular flexibility index (Phi) is 6.11. The Morgan fingerprint density at radius 2 is 1.87 bits per heavy atom. The van der Waals surface area contributed by atoms with Crippen LogP contribution in [0.1, 0.15) is 25.8 Å². The Balaban J connectivity index is 1.39. The predicted molar refractivity (Wildman–Crippen MR) is 150 cm³/mol. The average molecular weight is 520 g/mol. The van der Waals surface area contributed by atoms with E-state index < -0.39 is 0 Å². The molecular formula is C30H26FN7O. The number of aromatic nitrogens is 6. The maximum absolute atomic E-state index is 14.1. The summed E-state index contributed by atoms with van der Waals surface area (Å²) in [4.78, 5) is 29.4. The van der Waals surface area contributed by atoms with Gasteiger partial charge in [0.2, 0.25) is 5.91 Å². The van der Waals surface area contributed by atoms with E-state index in [-0.39, 0.29) is 17.6 Å². The maximum Gasteiger partial charge on any atom is 0.224 e. The van der Waals surface area contributed by atoms with Gasteiger partial charge in [0.05, 0.1) is 34.5 Å². The van der Waals surface area contributed by atoms with Gasteiger partial charge in [-0.1, -0.05) is 13.8 Å². The number of aryl methyl sites for hydroxylation is 1. The molecule has 0 aliphatic rings. The van der Waals surface area contributed by atoms with Crippen molar-refractivity contribution in [2.45, 2.75) is 27.2 Å². The Morgan fingerprint density at radius 3 is 2.69 bits per heavy atom. The van der Waals surface area contributed by atoms with E-state index >= 15 is 0 Å². The first-order valence-electron chi connectivity index (χ1n) is 12.7. The summed E-state index contributed by atoms with van der Waals surface area (Å²) >= 11 is 0. The third kappa shape index (κ3) is 4.86. The van der Waals surface area contributed by atoms with Crippen LogP contribution in [0.15, 0.2) is 67.1 Å². The van der Waals surface area contributed by atoms with Gasteiger partial charge >= 0.3 is 0 Å². The Hall–Kier alpha value is -4.92. The zero-order chi connectivity index (χ0) is 27.1. The summed E-state index contributed by atoms with van der Waals surface area (Å²) in [6.07, 6.45) is 5.48. The van der Waals surface area contributed by atoms with E-state index in [1.54, 1.807) is 18.6 Å². The third-order valence-electron chi connectivity index (χ3n) is 6.44. The average Bonchev–Trinajstić information content (AvgIpc) is 3.51. The summed E-state index contributed by atoms with van der Waals surface area (Å²) in [5, 5.41) is 11.4. The molecule has 194 valence electrons. The summed E-state index contributed by atoms with van der Waals surface area (Å²) in [6.45, 7) is 5.87. The number of rotatable bonds is 6. The molecule has 0 fully saturated rings. The third-order valence-corrected chi connectivity index (χ3v) is 6.44. The minimum atomic E-state index is -0.298. The molecule has 3 N–H and O–H groups in total. The van der Waals surface area contributed by atoms with E-state index in [0.717, 1.165) is 33.2 Å². The van der Waals surface area contributed by atoms with Crippen LogP contribution in [-0.2, 0) is 4.79 Å². The van der Waals surface area contributed by atoms with Crippen molar-refractivity contribution >= 4 is 33.5 Å². The lowest BCUT2D eigenvalue weighted by molar-refractivity contribution is -0.116. The molecule has 9 heteroatoms. The number of fused-ring (bicyclic) bond motifs is 2. The van der Waals surface area contributed by atoms with Crippen LogP contribution in [0.5, 0.6) is 0 Å². The van der Waals surface area contributed by atoms with Crippen LogP contribution in [0, 0.1) is 18.7 Å². The highest BCUT2D eigenvalue weighted by Crippen LogP contribution is 2.33. The van der Waals surface area contributed by atoms with Gasteiger partial charge in [-0.2, -0.15) is 5.10 Å². The number of hydrogen-bond donors (Lipinski definition) is 3. The first-order chi connectivity index (χ1) is 18.8. The number of anilines is 1. The smallest absolute Gasteiger partial charge is 0.224 e. The fourth-order valence-electron chi connectivity index (χ4n) is 4.76. The summed E-state index contributed by atoms with van der Waals surface area (Å²) < 4.78 is 14.1. The molecular weight excluding hydrogens is 493 g/mol. The second-order valence-corrected chi connectivity index (χ2v) is 10.1. The number of nitrogens with one attached hydrogen (secondary N) is 3. The Bertz CT molecular complexity index is 1830. The van der Waals surface area contributed by atoms with Crippen LogP contribution in [-0.4, -0.2) is 36.0 Å². The number of halogens is 1. The number of carbonyl (C=O) groups is 1. The molecule has 0 unspecified atom stereocenters. The van der Waals surface area contributed by atoms with Crippen LogP contribution < -0.4 is 5.32 Å². The van der Waals surface area contributed by atoms with E-state index in [9.17, 15) is 9.18 Å².